The number of amides is 1. The largest absolute Gasteiger partial charge is 0.443 e. The molecule has 0 atom stereocenters. The molecule has 1 N–H and O–H groups in total. The number of hydrogen-bond acceptors (Lipinski definition) is 3. The van der Waals surface area contributed by atoms with E-state index in [9.17, 15) is 9.00 Å². The van der Waals surface area contributed by atoms with Gasteiger partial charge >= 0.3 is 6.09 Å². The van der Waals surface area contributed by atoms with Crippen molar-refractivity contribution in [3.05, 3.63) is 0 Å². The fraction of sp³-hybridized carbons (Fsp3) is 0.800. The zero-order valence-electron chi connectivity index (χ0n) is 6.17. The van der Waals surface area contributed by atoms with Crippen LogP contribution in [0.5, 0.6) is 0 Å². The quantitative estimate of drug-likeness (QED) is 0.552. The molecule has 5 heteroatoms. The number of nitrogens with one attached hydrogen (secondary N) is 1. The van der Waals surface area contributed by atoms with Gasteiger partial charge in [0.15, 0.2) is 0 Å². The summed E-state index contributed by atoms with van der Waals surface area (Å²) in [7, 11) is 0. The zero-order chi connectivity index (χ0) is 8.20. The van der Waals surface area contributed by atoms with E-state index >= 15 is 0 Å². The second-order valence-corrected chi connectivity index (χ2v) is 3.11. The number of carbonyl (C=O) groups excluding carboxylic acids is 1. The SMILES string of the molecule is CC(C)(C)OC(=O)N[SH]=O. The second-order valence-electron chi connectivity index (χ2n) is 2.70. The molecule has 1 amide bonds. The Labute approximate surface area is 63.6 Å². The van der Waals surface area contributed by atoms with Crippen molar-refractivity contribution in [2.24, 2.45) is 0 Å². The molecule has 0 aliphatic rings. The van der Waals surface area contributed by atoms with Crippen molar-refractivity contribution in [3.8, 4) is 0 Å². The summed E-state index contributed by atoms with van der Waals surface area (Å²) in [5, 5.41) is 0. The zero-order valence-corrected chi connectivity index (χ0v) is 7.07. The van der Waals surface area contributed by atoms with Gasteiger partial charge in [0, 0.05) is 0 Å². The number of ether oxygens (including phenoxy) is 1. The van der Waals surface area contributed by atoms with Gasteiger partial charge in [0.2, 0.25) is 0 Å². The molecule has 0 fully saturated rings. The van der Waals surface area contributed by atoms with E-state index in [1.807, 2.05) is 4.72 Å². The monoisotopic (exact) mass is 165 g/mol. The minimum Gasteiger partial charge on any atom is -0.443 e. The van der Waals surface area contributed by atoms with E-state index < -0.39 is 23.5 Å². The normalized spacial score (nSPS) is 10.7. The highest BCUT2D eigenvalue weighted by Gasteiger charge is 2.14. The molecule has 10 heavy (non-hydrogen) atoms. The predicted octanol–water partition coefficient (Wildman–Crippen LogP) is 0.371. The van der Waals surface area contributed by atoms with Crippen LogP contribution in [0.2, 0.25) is 0 Å². The third-order valence-electron chi connectivity index (χ3n) is 0.536. The Hall–Kier alpha value is -0.580. The average Bonchev–Trinajstić information content (AvgIpc) is 1.59. The van der Waals surface area contributed by atoms with Crippen molar-refractivity contribution in [3.63, 3.8) is 0 Å². The third-order valence-corrected chi connectivity index (χ3v) is 0.810. The molecule has 0 saturated carbocycles. The van der Waals surface area contributed by atoms with Crippen molar-refractivity contribution < 1.29 is 13.7 Å². The van der Waals surface area contributed by atoms with Crippen LogP contribution in [-0.2, 0) is 16.6 Å². The Bertz CT molecular complexity index is 140. The molecule has 0 aliphatic heterocycles. The maximum Gasteiger partial charge on any atom is 0.419 e. The van der Waals surface area contributed by atoms with Crippen LogP contribution < -0.4 is 4.72 Å². The molecule has 0 unspecified atom stereocenters. The highest BCUT2D eigenvalue weighted by atomic mass is 32.2. The van der Waals surface area contributed by atoms with Gasteiger partial charge in [-0.15, -0.1) is 0 Å². The summed E-state index contributed by atoms with van der Waals surface area (Å²) in [6, 6.07) is 0. The lowest BCUT2D eigenvalue weighted by Gasteiger charge is -2.18. The lowest BCUT2D eigenvalue weighted by Crippen LogP contribution is -2.30. The fourth-order valence-corrected chi connectivity index (χ4v) is 0.458. The van der Waals surface area contributed by atoms with E-state index in [-0.39, 0.29) is 0 Å². The molecule has 0 aromatic rings. The van der Waals surface area contributed by atoms with Gasteiger partial charge in [-0.1, -0.05) is 0 Å². The first-order chi connectivity index (χ1) is 4.45. The van der Waals surface area contributed by atoms with Gasteiger partial charge in [-0.25, -0.2) is 13.7 Å². The Kier molecular flexibility index (Phi) is 3.35. The first-order valence-electron chi connectivity index (χ1n) is 2.77. The van der Waals surface area contributed by atoms with Gasteiger partial charge in [0.1, 0.15) is 17.5 Å². The molecule has 60 valence electrons. The number of thiol groups is 1. The van der Waals surface area contributed by atoms with E-state index in [4.69, 9.17) is 4.74 Å². The standard InChI is InChI=1S/C5H11NO3S/c1-5(2,3)9-4(7)6-10-8/h10H,1-3H3,(H,6,7,8). The maximum absolute atomic E-state index is 10.5. The highest BCUT2D eigenvalue weighted by Crippen LogP contribution is 2.05. The Balaban J connectivity index is 3.68. The molecule has 4 nitrogen and oxygen atoms in total. The summed E-state index contributed by atoms with van der Waals surface area (Å²) in [6.45, 7) is 5.19. The predicted molar refractivity (Wildman–Crippen MR) is 38.9 cm³/mol. The van der Waals surface area contributed by atoms with E-state index in [0.717, 1.165) is 0 Å². The van der Waals surface area contributed by atoms with Gasteiger partial charge in [-0.05, 0) is 20.8 Å². The van der Waals surface area contributed by atoms with Crippen LogP contribution in [0.4, 0.5) is 4.79 Å². The van der Waals surface area contributed by atoms with Crippen LogP contribution in [0.3, 0.4) is 0 Å². The first-order valence-corrected chi connectivity index (χ1v) is 3.58. The summed E-state index contributed by atoms with van der Waals surface area (Å²) >= 11 is -0.437. The van der Waals surface area contributed by atoms with Crippen LogP contribution in [0.1, 0.15) is 20.8 Å². The van der Waals surface area contributed by atoms with Crippen molar-refractivity contribution in [1.82, 2.24) is 4.72 Å². The van der Waals surface area contributed by atoms with Crippen LogP contribution >= 0.6 is 0 Å². The summed E-state index contributed by atoms with van der Waals surface area (Å²) in [5.41, 5.74) is -0.533. The lowest BCUT2D eigenvalue weighted by molar-refractivity contribution is 0.0573. The van der Waals surface area contributed by atoms with E-state index in [2.05, 4.69) is 0 Å². The summed E-state index contributed by atoms with van der Waals surface area (Å²) in [5.74, 6) is 0. The summed E-state index contributed by atoms with van der Waals surface area (Å²) in [4.78, 5) is 10.5. The maximum atomic E-state index is 10.5. The molecule has 0 spiro atoms. The minimum atomic E-state index is -0.677. The van der Waals surface area contributed by atoms with Crippen molar-refractivity contribution >= 4 is 17.9 Å². The number of carbonyl (C=O) groups is 1. The molecule has 0 aromatic carbocycles. The van der Waals surface area contributed by atoms with Crippen LogP contribution in [-0.4, -0.2) is 15.9 Å². The van der Waals surface area contributed by atoms with Gasteiger partial charge in [-0.3, -0.25) is 0 Å². The molecule has 0 heterocycles. The van der Waals surface area contributed by atoms with E-state index in [1.165, 1.54) is 0 Å². The molecule has 0 saturated heterocycles. The van der Waals surface area contributed by atoms with Crippen LogP contribution in [0.15, 0.2) is 0 Å². The van der Waals surface area contributed by atoms with Crippen LogP contribution in [0.25, 0.3) is 0 Å². The smallest absolute Gasteiger partial charge is 0.419 e. The number of hydrogen-bond donors (Lipinski definition) is 2. The molecule has 0 radical (unpaired) electrons. The van der Waals surface area contributed by atoms with Crippen molar-refractivity contribution in [2.75, 3.05) is 0 Å². The Morgan fingerprint density at radius 3 is 2.30 bits per heavy atom. The summed E-state index contributed by atoms with van der Waals surface area (Å²) < 4.78 is 16.5. The van der Waals surface area contributed by atoms with Gasteiger partial charge in [0.25, 0.3) is 0 Å². The summed E-state index contributed by atoms with van der Waals surface area (Å²) in [6.07, 6.45) is -0.677. The van der Waals surface area contributed by atoms with Gasteiger partial charge in [-0.2, -0.15) is 0 Å². The molecular formula is C5H11NO3S. The minimum absolute atomic E-state index is 0.437. The third kappa shape index (κ3) is 5.55. The van der Waals surface area contributed by atoms with Crippen LogP contribution in [0, 0.1) is 0 Å². The van der Waals surface area contributed by atoms with Gasteiger partial charge < -0.3 is 4.74 Å². The van der Waals surface area contributed by atoms with Crippen molar-refractivity contribution in [1.29, 1.82) is 0 Å². The molecule has 0 bridgehead atoms. The fourth-order valence-electron chi connectivity index (χ4n) is 0.338. The Morgan fingerprint density at radius 1 is 1.50 bits per heavy atom. The molecule has 0 aliphatic carbocycles. The van der Waals surface area contributed by atoms with E-state index in [0.29, 0.717) is 0 Å². The molecule has 0 rings (SSSR count). The second kappa shape index (κ2) is 3.55. The molecular weight excluding hydrogens is 154 g/mol. The first kappa shape index (κ1) is 9.42. The lowest BCUT2D eigenvalue weighted by atomic mass is 10.2. The number of rotatable bonds is 1. The average molecular weight is 165 g/mol. The van der Waals surface area contributed by atoms with Gasteiger partial charge in [0.05, 0.1) is 0 Å². The Morgan fingerprint density at radius 2 is 2.00 bits per heavy atom. The van der Waals surface area contributed by atoms with E-state index in [1.54, 1.807) is 20.8 Å². The topological polar surface area (TPSA) is 55.4 Å². The van der Waals surface area contributed by atoms with Crippen molar-refractivity contribution in [2.45, 2.75) is 26.4 Å². The molecule has 0 aromatic heterocycles. The highest BCUT2D eigenvalue weighted by molar-refractivity contribution is 7.64.